The molecule has 0 aliphatic heterocycles. The minimum atomic E-state index is 0.0468. The van der Waals surface area contributed by atoms with Crippen LogP contribution in [0.4, 0.5) is 0 Å². The van der Waals surface area contributed by atoms with Gasteiger partial charge in [0.15, 0.2) is 0 Å². The van der Waals surface area contributed by atoms with Gasteiger partial charge in [-0.15, -0.1) is 0 Å². The van der Waals surface area contributed by atoms with Crippen molar-refractivity contribution >= 4 is 44.4 Å². The first-order chi connectivity index (χ1) is 8.57. The molecule has 0 aromatic heterocycles. The molecule has 3 nitrogen and oxygen atoms in total. The molecule has 0 unspecified atom stereocenters. The Hall–Kier alpha value is -0.140. The number of benzene rings is 1. The molecule has 0 saturated carbocycles. The topological polar surface area (TPSA) is 29.5 Å². The molecule has 1 rings (SSSR count). The van der Waals surface area contributed by atoms with E-state index in [1.54, 1.807) is 11.9 Å². The van der Waals surface area contributed by atoms with Crippen LogP contribution in [0.3, 0.4) is 0 Å². The van der Waals surface area contributed by atoms with Crippen molar-refractivity contribution in [2.75, 3.05) is 32.1 Å². The second kappa shape index (κ2) is 8.12. The van der Waals surface area contributed by atoms with Crippen molar-refractivity contribution in [1.29, 1.82) is 0 Å². The minimum Gasteiger partial charge on any atom is -0.379 e. The number of nitrogens with zero attached hydrogens (tertiary/aromatic N) is 1. The van der Waals surface area contributed by atoms with Crippen molar-refractivity contribution in [3.63, 3.8) is 0 Å². The third kappa shape index (κ3) is 4.51. The molecule has 0 aliphatic rings. The number of carbonyl (C=O) groups excluding carboxylic acids is 1. The number of alkyl halides is 1. The summed E-state index contributed by atoms with van der Waals surface area (Å²) < 4.78 is 6.37. The van der Waals surface area contributed by atoms with E-state index >= 15 is 0 Å². The lowest BCUT2D eigenvalue weighted by molar-refractivity contribution is 0.0712. The molecule has 1 aromatic rings. The van der Waals surface area contributed by atoms with Crippen LogP contribution in [0, 0.1) is 10.5 Å². The lowest BCUT2D eigenvalue weighted by Gasteiger charge is -2.18. The van der Waals surface area contributed by atoms with Crippen LogP contribution in [0.1, 0.15) is 15.9 Å². The third-order valence-corrected chi connectivity index (χ3v) is 4.32. The molecule has 0 fully saturated rings. The van der Waals surface area contributed by atoms with Crippen molar-refractivity contribution in [2.24, 2.45) is 0 Å². The lowest BCUT2D eigenvalue weighted by Crippen LogP contribution is -2.31. The van der Waals surface area contributed by atoms with Crippen LogP contribution in [0.25, 0.3) is 0 Å². The number of hydrogen-bond acceptors (Lipinski definition) is 2. The number of aryl methyl sites for hydroxylation is 1. The van der Waals surface area contributed by atoms with Gasteiger partial charge in [0.25, 0.3) is 5.91 Å². The molecule has 0 saturated heterocycles. The SMILES string of the molecule is Cc1cccc(C(=O)N(C)CCOCCBr)c1I. The summed E-state index contributed by atoms with van der Waals surface area (Å²) in [6.45, 7) is 3.85. The smallest absolute Gasteiger partial charge is 0.254 e. The van der Waals surface area contributed by atoms with E-state index in [2.05, 4.69) is 38.5 Å². The first-order valence-electron chi connectivity index (χ1n) is 5.72. The Morgan fingerprint density at radius 3 is 2.83 bits per heavy atom. The molecule has 0 aliphatic carbocycles. The van der Waals surface area contributed by atoms with Crippen molar-refractivity contribution in [3.05, 3.63) is 32.9 Å². The maximum Gasteiger partial charge on any atom is 0.254 e. The highest BCUT2D eigenvalue weighted by molar-refractivity contribution is 14.1. The van der Waals surface area contributed by atoms with Gasteiger partial charge in [-0.2, -0.15) is 0 Å². The van der Waals surface area contributed by atoms with Crippen LogP contribution < -0.4 is 0 Å². The average molecular weight is 426 g/mol. The maximum atomic E-state index is 12.2. The molecule has 100 valence electrons. The second-order valence-corrected chi connectivity index (χ2v) is 5.84. The highest BCUT2D eigenvalue weighted by Crippen LogP contribution is 2.17. The van der Waals surface area contributed by atoms with Crippen LogP contribution in [-0.4, -0.2) is 42.9 Å². The number of hydrogen-bond donors (Lipinski definition) is 0. The predicted octanol–water partition coefficient (Wildman–Crippen LogP) is 3.08. The fraction of sp³-hybridized carbons (Fsp3) is 0.462. The number of carbonyl (C=O) groups is 1. The summed E-state index contributed by atoms with van der Waals surface area (Å²) in [5, 5.41) is 0.820. The third-order valence-electron chi connectivity index (χ3n) is 2.56. The average Bonchev–Trinajstić information content (AvgIpc) is 2.37. The van der Waals surface area contributed by atoms with Gasteiger partial charge in [0.2, 0.25) is 0 Å². The van der Waals surface area contributed by atoms with E-state index in [-0.39, 0.29) is 5.91 Å². The Labute approximate surface area is 130 Å². The minimum absolute atomic E-state index is 0.0468. The Bertz CT molecular complexity index is 412. The molecule has 0 N–H and O–H groups in total. The van der Waals surface area contributed by atoms with Crippen molar-refractivity contribution in [2.45, 2.75) is 6.92 Å². The number of amides is 1. The van der Waals surface area contributed by atoms with Gasteiger partial charge in [-0.1, -0.05) is 28.1 Å². The largest absolute Gasteiger partial charge is 0.379 e. The molecule has 18 heavy (non-hydrogen) atoms. The predicted molar refractivity (Wildman–Crippen MR) is 85.5 cm³/mol. The summed E-state index contributed by atoms with van der Waals surface area (Å²) in [6, 6.07) is 5.80. The molecule has 0 atom stereocenters. The van der Waals surface area contributed by atoms with Crippen LogP contribution in [-0.2, 0) is 4.74 Å². The van der Waals surface area contributed by atoms with Gasteiger partial charge in [0, 0.05) is 22.5 Å². The summed E-state index contributed by atoms with van der Waals surface area (Å²) in [5.74, 6) is 0.0468. The molecule has 0 heterocycles. The zero-order valence-electron chi connectivity index (χ0n) is 10.6. The van der Waals surface area contributed by atoms with E-state index in [4.69, 9.17) is 4.74 Å². The molecular weight excluding hydrogens is 409 g/mol. The normalized spacial score (nSPS) is 10.4. The second-order valence-electron chi connectivity index (χ2n) is 3.96. The monoisotopic (exact) mass is 425 g/mol. The Morgan fingerprint density at radius 1 is 1.44 bits per heavy atom. The van der Waals surface area contributed by atoms with Crippen molar-refractivity contribution in [3.8, 4) is 0 Å². The summed E-state index contributed by atoms with van der Waals surface area (Å²) in [7, 11) is 1.80. The quantitative estimate of drug-likeness (QED) is 0.398. The van der Waals surface area contributed by atoms with E-state index in [1.807, 2.05) is 25.1 Å². The molecular formula is C13H17BrINO2. The van der Waals surface area contributed by atoms with E-state index < -0.39 is 0 Å². The summed E-state index contributed by atoms with van der Waals surface area (Å²) in [6.07, 6.45) is 0. The van der Waals surface area contributed by atoms with Gasteiger partial charge in [0.1, 0.15) is 0 Å². The summed E-state index contributed by atoms with van der Waals surface area (Å²) >= 11 is 5.51. The zero-order valence-corrected chi connectivity index (χ0v) is 14.3. The van der Waals surface area contributed by atoms with Gasteiger partial charge in [-0.3, -0.25) is 4.79 Å². The molecule has 1 aromatic carbocycles. The molecule has 1 amide bonds. The first kappa shape index (κ1) is 15.9. The number of likely N-dealkylation sites (N-methyl/N-ethyl adjacent to an activating group) is 1. The molecule has 0 spiro atoms. The van der Waals surface area contributed by atoms with E-state index in [0.29, 0.717) is 19.8 Å². The Balaban J connectivity index is 2.60. The van der Waals surface area contributed by atoms with Crippen LogP contribution >= 0.6 is 38.5 Å². The highest BCUT2D eigenvalue weighted by atomic mass is 127. The molecule has 0 radical (unpaired) electrons. The van der Waals surface area contributed by atoms with Crippen molar-refractivity contribution < 1.29 is 9.53 Å². The zero-order chi connectivity index (χ0) is 13.5. The van der Waals surface area contributed by atoms with Crippen LogP contribution in [0.5, 0.6) is 0 Å². The fourth-order valence-corrected chi connectivity index (χ4v) is 2.30. The Kier molecular flexibility index (Phi) is 7.18. The van der Waals surface area contributed by atoms with Crippen LogP contribution in [0.2, 0.25) is 0 Å². The van der Waals surface area contributed by atoms with E-state index in [9.17, 15) is 4.79 Å². The number of ether oxygens (including phenoxy) is 1. The molecule has 5 heteroatoms. The molecule has 0 bridgehead atoms. The van der Waals surface area contributed by atoms with Gasteiger partial charge in [-0.05, 0) is 41.1 Å². The maximum absolute atomic E-state index is 12.2. The van der Waals surface area contributed by atoms with Gasteiger partial charge in [0.05, 0.1) is 18.8 Å². The van der Waals surface area contributed by atoms with E-state index in [0.717, 1.165) is 20.0 Å². The van der Waals surface area contributed by atoms with Gasteiger partial charge >= 0.3 is 0 Å². The number of halogens is 2. The van der Waals surface area contributed by atoms with Gasteiger partial charge in [-0.25, -0.2) is 0 Å². The number of rotatable bonds is 6. The van der Waals surface area contributed by atoms with Gasteiger partial charge < -0.3 is 9.64 Å². The highest BCUT2D eigenvalue weighted by Gasteiger charge is 2.15. The Morgan fingerprint density at radius 2 is 2.17 bits per heavy atom. The van der Waals surface area contributed by atoms with Crippen LogP contribution in [0.15, 0.2) is 18.2 Å². The lowest BCUT2D eigenvalue weighted by atomic mass is 10.1. The van der Waals surface area contributed by atoms with E-state index in [1.165, 1.54) is 0 Å². The van der Waals surface area contributed by atoms with Crippen molar-refractivity contribution in [1.82, 2.24) is 4.90 Å². The standard InChI is InChI=1S/C13H17BrINO2/c1-10-4-3-5-11(12(10)15)13(17)16(2)7-9-18-8-6-14/h3-5H,6-9H2,1-2H3. The fourth-order valence-electron chi connectivity index (χ4n) is 1.48. The summed E-state index contributed by atoms with van der Waals surface area (Å²) in [4.78, 5) is 13.9. The first-order valence-corrected chi connectivity index (χ1v) is 7.92. The summed E-state index contributed by atoms with van der Waals surface area (Å²) in [5.41, 5.74) is 1.89.